The first-order valence-electron chi connectivity index (χ1n) is 4.61. The van der Waals surface area contributed by atoms with Crippen molar-refractivity contribution in [3.8, 4) is 0 Å². The van der Waals surface area contributed by atoms with E-state index in [0.717, 1.165) is 13.8 Å². The Labute approximate surface area is 125 Å². The molecule has 0 spiro atoms. The van der Waals surface area contributed by atoms with Gasteiger partial charge in [-0.25, -0.2) is 0 Å². The minimum atomic E-state index is -4.92. The Morgan fingerprint density at radius 2 is 0.857 bits per heavy atom. The second-order valence-corrected chi connectivity index (χ2v) is 3.23. The van der Waals surface area contributed by atoms with Crippen molar-refractivity contribution in [1.29, 1.82) is 0 Å². The predicted molar refractivity (Wildman–Crippen MR) is 52.1 cm³/mol. The van der Waals surface area contributed by atoms with Gasteiger partial charge in [-0.15, -0.1) is 0 Å². The summed E-state index contributed by atoms with van der Waals surface area (Å²) in [4.78, 5) is 39.6. The molecule has 0 saturated heterocycles. The molecular formula is C10H8F6MnO4. The zero-order valence-electron chi connectivity index (χ0n) is 10.4. The van der Waals surface area contributed by atoms with Crippen molar-refractivity contribution in [2.24, 2.45) is 0 Å². The number of ketones is 4. The van der Waals surface area contributed by atoms with Crippen molar-refractivity contribution in [3.05, 3.63) is 12.8 Å². The van der Waals surface area contributed by atoms with Gasteiger partial charge in [0.25, 0.3) is 0 Å². The first kappa shape index (κ1) is 24.5. The molecule has 0 unspecified atom stereocenters. The van der Waals surface area contributed by atoms with Crippen LogP contribution in [0.1, 0.15) is 13.8 Å². The summed E-state index contributed by atoms with van der Waals surface area (Å²) < 4.78 is 67.7. The van der Waals surface area contributed by atoms with Crippen LogP contribution in [-0.4, -0.2) is 35.5 Å². The summed E-state index contributed by atoms with van der Waals surface area (Å²) in [6.07, 6.45) is -9.82. The molecule has 0 aromatic rings. The van der Waals surface area contributed by atoms with Crippen LogP contribution in [0.5, 0.6) is 0 Å². The van der Waals surface area contributed by atoms with Crippen LogP contribution in [0.2, 0.25) is 0 Å². The number of rotatable bonds is 4. The van der Waals surface area contributed by atoms with Crippen LogP contribution in [0.4, 0.5) is 26.3 Å². The number of hydrogen-bond donors (Lipinski definition) is 0. The van der Waals surface area contributed by atoms with Crippen LogP contribution in [0.15, 0.2) is 0 Å². The molecule has 0 N–H and O–H groups in total. The van der Waals surface area contributed by atoms with E-state index in [0.29, 0.717) is 0 Å². The third kappa shape index (κ3) is 14.7. The third-order valence-electron chi connectivity index (χ3n) is 1.23. The second-order valence-electron chi connectivity index (χ2n) is 3.23. The maximum Gasteiger partial charge on any atom is 2.00 e. The Kier molecular flexibility index (Phi) is 11.0. The van der Waals surface area contributed by atoms with Gasteiger partial charge in [0.05, 0.1) is 0 Å². The van der Waals surface area contributed by atoms with Crippen molar-refractivity contribution in [1.82, 2.24) is 0 Å². The molecule has 11 heteroatoms. The van der Waals surface area contributed by atoms with Crippen LogP contribution in [0.25, 0.3) is 0 Å². The predicted octanol–water partition coefficient (Wildman–Crippen LogP) is 1.82. The fourth-order valence-corrected chi connectivity index (χ4v) is 0.533. The molecular weight excluding hydrogens is 353 g/mol. The summed E-state index contributed by atoms with van der Waals surface area (Å²) in [5.41, 5.74) is 0. The van der Waals surface area contributed by atoms with Gasteiger partial charge in [0.2, 0.25) is 0 Å². The summed E-state index contributed by atoms with van der Waals surface area (Å²) in [6.45, 7) is 1.76. The first-order valence-corrected chi connectivity index (χ1v) is 4.61. The molecule has 121 valence electrons. The summed E-state index contributed by atoms with van der Waals surface area (Å²) >= 11 is 0. The van der Waals surface area contributed by atoms with Crippen molar-refractivity contribution in [3.63, 3.8) is 0 Å². The molecule has 21 heavy (non-hydrogen) atoms. The average molecular weight is 361 g/mol. The van der Waals surface area contributed by atoms with E-state index in [1.54, 1.807) is 0 Å². The maximum atomic E-state index is 11.3. The first-order chi connectivity index (χ1) is 8.67. The molecule has 0 bridgehead atoms. The Morgan fingerprint density at radius 1 is 0.667 bits per heavy atom. The molecule has 0 aromatic heterocycles. The van der Waals surface area contributed by atoms with Gasteiger partial charge in [-0.3, -0.25) is 12.8 Å². The van der Waals surface area contributed by atoms with Crippen LogP contribution in [-0.2, 0) is 36.2 Å². The molecule has 4 nitrogen and oxygen atoms in total. The van der Waals surface area contributed by atoms with Crippen molar-refractivity contribution in [2.75, 3.05) is 0 Å². The smallest absolute Gasteiger partial charge is 0.334 e. The van der Waals surface area contributed by atoms with Gasteiger partial charge in [0, 0.05) is 11.6 Å². The summed E-state index contributed by atoms with van der Waals surface area (Å²) in [6, 6.07) is 0. The van der Waals surface area contributed by atoms with Crippen molar-refractivity contribution < 1.29 is 62.6 Å². The molecule has 0 aliphatic rings. The van der Waals surface area contributed by atoms with E-state index >= 15 is 0 Å². The number of carbonyl (C=O) groups is 4. The standard InChI is InChI=1S/2C5H4F3O2.Mn/c2*1-3(9)2-4(10)5(6,7)8;/h2*2H,1H3;/q2*-1;+2. The minimum Gasteiger partial charge on any atom is -0.334 e. The zero-order chi connectivity index (χ0) is 16.7. The van der Waals surface area contributed by atoms with E-state index in [9.17, 15) is 45.5 Å². The normalized spacial score (nSPS) is 10.3. The van der Waals surface area contributed by atoms with Crippen LogP contribution < -0.4 is 0 Å². The molecule has 0 atom stereocenters. The van der Waals surface area contributed by atoms with Crippen molar-refractivity contribution >= 4 is 23.1 Å². The molecule has 0 fully saturated rings. The Morgan fingerprint density at radius 3 is 0.905 bits per heavy atom. The Balaban J connectivity index is -0.000000295. The molecule has 0 aliphatic carbocycles. The molecule has 0 saturated carbocycles. The number of Topliss-reactive ketones (excluding diaryl/α,β-unsaturated/α-hetero) is 4. The van der Waals surface area contributed by atoms with Crippen LogP contribution in [0.3, 0.4) is 0 Å². The van der Waals surface area contributed by atoms with E-state index in [4.69, 9.17) is 0 Å². The average Bonchev–Trinajstić information content (AvgIpc) is 2.13. The molecule has 0 aromatic carbocycles. The maximum absolute atomic E-state index is 11.3. The largest absolute Gasteiger partial charge is 2.00 e. The number of carbonyl (C=O) groups excluding carboxylic acids is 4. The zero-order valence-corrected chi connectivity index (χ0v) is 11.6. The second kappa shape index (κ2) is 9.45. The fourth-order valence-electron chi connectivity index (χ4n) is 0.533. The van der Waals surface area contributed by atoms with Gasteiger partial charge in [-0.1, -0.05) is 0 Å². The van der Waals surface area contributed by atoms with Crippen molar-refractivity contribution in [2.45, 2.75) is 26.2 Å². The van der Waals surface area contributed by atoms with Gasteiger partial charge >= 0.3 is 29.4 Å². The van der Waals surface area contributed by atoms with Crippen LogP contribution in [0, 0.1) is 12.8 Å². The van der Waals surface area contributed by atoms with Crippen LogP contribution >= 0.6 is 0 Å². The Hall–Kier alpha value is -1.48. The van der Waals surface area contributed by atoms with E-state index in [2.05, 4.69) is 0 Å². The number of alkyl halides is 6. The molecule has 0 heterocycles. The van der Waals surface area contributed by atoms with E-state index < -0.39 is 35.5 Å². The monoisotopic (exact) mass is 361 g/mol. The molecule has 1 radical (unpaired) electrons. The topological polar surface area (TPSA) is 68.3 Å². The molecule has 0 amide bonds. The fraction of sp³-hybridized carbons (Fsp3) is 0.400. The van der Waals surface area contributed by atoms with Gasteiger partial charge in [-0.05, 0) is 13.8 Å². The molecule has 0 aliphatic heterocycles. The van der Waals surface area contributed by atoms with Gasteiger partial charge in [0.1, 0.15) is 11.6 Å². The molecule has 0 rings (SSSR count). The van der Waals surface area contributed by atoms with E-state index in [1.165, 1.54) is 0 Å². The van der Waals surface area contributed by atoms with Gasteiger partial charge in [0.15, 0.2) is 0 Å². The van der Waals surface area contributed by atoms with E-state index in [-0.39, 0.29) is 29.9 Å². The summed E-state index contributed by atoms with van der Waals surface area (Å²) in [5.74, 6) is -6.02. The quantitative estimate of drug-likeness (QED) is 0.332. The number of halogens is 6. The summed E-state index contributed by atoms with van der Waals surface area (Å²) in [7, 11) is 0. The van der Waals surface area contributed by atoms with E-state index in [1.807, 2.05) is 0 Å². The Bertz CT molecular complexity index is 361. The van der Waals surface area contributed by atoms with Gasteiger partial charge < -0.3 is 19.2 Å². The number of hydrogen-bond acceptors (Lipinski definition) is 4. The summed E-state index contributed by atoms with van der Waals surface area (Å²) in [5, 5.41) is 0. The minimum absolute atomic E-state index is 0. The third-order valence-corrected chi connectivity index (χ3v) is 1.23. The SMILES string of the molecule is CC(=O)[CH-]C(=O)C(F)(F)F.CC(=O)[CH-]C(=O)C(F)(F)F.[Mn+2]. The van der Waals surface area contributed by atoms with Gasteiger partial charge in [-0.2, -0.15) is 26.3 Å².